The summed E-state index contributed by atoms with van der Waals surface area (Å²) < 4.78 is 0. The van der Waals surface area contributed by atoms with Gasteiger partial charge in [0.1, 0.15) is 0 Å². The molecule has 0 aromatic heterocycles. The molecule has 1 aromatic rings. The summed E-state index contributed by atoms with van der Waals surface area (Å²) in [5, 5.41) is 3.62. The average Bonchev–Trinajstić information content (AvgIpc) is 2.36. The Labute approximate surface area is 136 Å². The summed E-state index contributed by atoms with van der Waals surface area (Å²) in [7, 11) is 0. The Morgan fingerprint density at radius 3 is 2.65 bits per heavy atom. The SMILES string of the molecule is CC(N)CCNC(=O)CCCSc1ccc(Cl)cc1.Cl. The van der Waals surface area contributed by atoms with Crippen LogP contribution in [0.4, 0.5) is 0 Å². The van der Waals surface area contributed by atoms with Crippen LogP contribution in [0, 0.1) is 0 Å². The number of nitrogens with one attached hydrogen (secondary N) is 1. The maximum atomic E-state index is 11.5. The lowest BCUT2D eigenvalue weighted by molar-refractivity contribution is -0.121. The van der Waals surface area contributed by atoms with Gasteiger partial charge in [-0.2, -0.15) is 0 Å². The highest BCUT2D eigenvalue weighted by atomic mass is 35.5. The first kappa shape index (κ1) is 19.6. The second-order valence-corrected chi connectivity index (χ2v) is 6.13. The lowest BCUT2D eigenvalue weighted by Gasteiger charge is -2.07. The number of carbonyl (C=O) groups excluding carboxylic acids is 1. The topological polar surface area (TPSA) is 55.1 Å². The maximum absolute atomic E-state index is 11.5. The number of halogens is 2. The highest BCUT2D eigenvalue weighted by molar-refractivity contribution is 7.99. The Hall–Kier alpha value is -0.420. The van der Waals surface area contributed by atoms with Crippen molar-refractivity contribution in [2.75, 3.05) is 12.3 Å². The van der Waals surface area contributed by atoms with E-state index in [9.17, 15) is 4.79 Å². The number of carbonyl (C=O) groups is 1. The van der Waals surface area contributed by atoms with Crippen LogP contribution < -0.4 is 11.1 Å². The minimum Gasteiger partial charge on any atom is -0.356 e. The van der Waals surface area contributed by atoms with Gasteiger partial charge in [0.15, 0.2) is 0 Å². The lowest BCUT2D eigenvalue weighted by Crippen LogP contribution is -2.28. The molecule has 0 aliphatic rings. The molecular formula is C14H22Cl2N2OS. The predicted octanol–water partition coefficient (Wildman–Crippen LogP) is 3.49. The number of benzene rings is 1. The molecule has 1 atom stereocenters. The van der Waals surface area contributed by atoms with Crippen LogP contribution in [-0.2, 0) is 4.79 Å². The standard InChI is InChI=1S/C14H21ClN2OS.ClH/c1-11(16)8-9-17-14(18)3-2-10-19-13-6-4-12(15)5-7-13;/h4-7,11H,2-3,8-10,16H2,1H3,(H,17,18);1H. The smallest absolute Gasteiger partial charge is 0.220 e. The zero-order valence-corrected chi connectivity index (χ0v) is 14.0. The van der Waals surface area contributed by atoms with Gasteiger partial charge >= 0.3 is 0 Å². The van der Waals surface area contributed by atoms with Gasteiger partial charge in [-0.3, -0.25) is 4.79 Å². The second kappa shape index (κ2) is 11.3. The van der Waals surface area contributed by atoms with Gasteiger partial charge in [-0.15, -0.1) is 24.2 Å². The molecule has 1 rings (SSSR count). The quantitative estimate of drug-likeness (QED) is 0.564. The third-order valence-electron chi connectivity index (χ3n) is 2.55. The third-order valence-corrected chi connectivity index (χ3v) is 3.90. The van der Waals surface area contributed by atoms with Crippen molar-refractivity contribution in [1.29, 1.82) is 0 Å². The fraction of sp³-hybridized carbons (Fsp3) is 0.500. The van der Waals surface area contributed by atoms with E-state index in [4.69, 9.17) is 17.3 Å². The van der Waals surface area contributed by atoms with Gasteiger partial charge in [0.25, 0.3) is 0 Å². The van der Waals surface area contributed by atoms with Crippen LogP contribution >= 0.6 is 35.8 Å². The first-order valence-electron chi connectivity index (χ1n) is 6.48. The summed E-state index contributed by atoms with van der Waals surface area (Å²) in [5.74, 6) is 1.04. The van der Waals surface area contributed by atoms with Crippen molar-refractivity contribution in [3.63, 3.8) is 0 Å². The summed E-state index contributed by atoms with van der Waals surface area (Å²) in [6.07, 6.45) is 2.27. The molecule has 0 radical (unpaired) electrons. The molecule has 1 amide bonds. The molecular weight excluding hydrogens is 315 g/mol. The molecule has 114 valence electrons. The first-order chi connectivity index (χ1) is 9.08. The minimum absolute atomic E-state index is 0. The summed E-state index contributed by atoms with van der Waals surface area (Å²) >= 11 is 7.56. The molecule has 0 saturated carbocycles. The zero-order chi connectivity index (χ0) is 14.1. The van der Waals surface area contributed by atoms with Crippen molar-refractivity contribution in [2.45, 2.75) is 37.1 Å². The van der Waals surface area contributed by atoms with E-state index in [0.29, 0.717) is 13.0 Å². The fourth-order valence-corrected chi connectivity index (χ4v) is 2.46. The average molecular weight is 337 g/mol. The Morgan fingerprint density at radius 2 is 2.05 bits per heavy atom. The van der Waals surface area contributed by atoms with E-state index >= 15 is 0 Å². The Morgan fingerprint density at radius 1 is 1.40 bits per heavy atom. The van der Waals surface area contributed by atoms with E-state index < -0.39 is 0 Å². The van der Waals surface area contributed by atoms with Crippen LogP contribution in [0.25, 0.3) is 0 Å². The molecule has 0 aliphatic heterocycles. The molecule has 1 unspecified atom stereocenters. The normalized spacial score (nSPS) is 11.6. The van der Waals surface area contributed by atoms with Gasteiger partial charge in [0.2, 0.25) is 5.91 Å². The minimum atomic E-state index is 0. The van der Waals surface area contributed by atoms with Crippen molar-refractivity contribution in [3.05, 3.63) is 29.3 Å². The maximum Gasteiger partial charge on any atom is 0.220 e. The van der Waals surface area contributed by atoms with Crippen LogP contribution in [0.15, 0.2) is 29.2 Å². The summed E-state index contributed by atoms with van der Waals surface area (Å²) in [5.41, 5.74) is 5.61. The molecule has 1 aromatic carbocycles. The molecule has 20 heavy (non-hydrogen) atoms. The Bertz CT molecular complexity index is 385. The lowest BCUT2D eigenvalue weighted by atomic mass is 10.2. The number of nitrogens with two attached hydrogens (primary N) is 1. The number of hydrogen-bond donors (Lipinski definition) is 2. The van der Waals surface area contributed by atoms with Crippen LogP contribution in [0.2, 0.25) is 5.02 Å². The molecule has 0 bridgehead atoms. The molecule has 3 N–H and O–H groups in total. The van der Waals surface area contributed by atoms with E-state index in [0.717, 1.165) is 23.6 Å². The summed E-state index contributed by atoms with van der Waals surface area (Å²) in [6.45, 7) is 2.61. The molecule has 0 fully saturated rings. The number of thioether (sulfide) groups is 1. The van der Waals surface area contributed by atoms with Gasteiger partial charge in [-0.1, -0.05) is 11.6 Å². The Balaban J connectivity index is 0.00000361. The number of hydrogen-bond acceptors (Lipinski definition) is 3. The van der Waals surface area contributed by atoms with Gasteiger partial charge in [-0.25, -0.2) is 0 Å². The molecule has 0 heterocycles. The van der Waals surface area contributed by atoms with Crippen molar-refractivity contribution in [2.24, 2.45) is 5.73 Å². The van der Waals surface area contributed by atoms with Gasteiger partial charge in [-0.05, 0) is 49.8 Å². The Kier molecular flexibility index (Phi) is 11.0. The number of amides is 1. The molecule has 0 aliphatic carbocycles. The van der Waals surface area contributed by atoms with Crippen molar-refractivity contribution < 1.29 is 4.79 Å². The molecule has 3 nitrogen and oxygen atoms in total. The predicted molar refractivity (Wildman–Crippen MR) is 89.9 cm³/mol. The fourth-order valence-electron chi connectivity index (χ4n) is 1.48. The van der Waals surface area contributed by atoms with Crippen molar-refractivity contribution >= 4 is 41.7 Å². The first-order valence-corrected chi connectivity index (χ1v) is 7.85. The van der Waals surface area contributed by atoms with Gasteiger partial charge < -0.3 is 11.1 Å². The highest BCUT2D eigenvalue weighted by Gasteiger charge is 2.02. The summed E-state index contributed by atoms with van der Waals surface area (Å²) in [4.78, 5) is 12.7. The van der Waals surface area contributed by atoms with Crippen LogP contribution in [0.5, 0.6) is 0 Å². The monoisotopic (exact) mass is 336 g/mol. The van der Waals surface area contributed by atoms with Gasteiger partial charge in [0, 0.05) is 28.9 Å². The summed E-state index contributed by atoms with van der Waals surface area (Å²) in [6, 6.07) is 7.89. The molecule has 6 heteroatoms. The van der Waals surface area contributed by atoms with E-state index in [1.165, 1.54) is 4.90 Å². The largest absolute Gasteiger partial charge is 0.356 e. The van der Waals surface area contributed by atoms with Crippen molar-refractivity contribution in [1.82, 2.24) is 5.32 Å². The number of rotatable bonds is 8. The van der Waals surface area contributed by atoms with Crippen LogP contribution in [0.1, 0.15) is 26.2 Å². The van der Waals surface area contributed by atoms with E-state index in [1.54, 1.807) is 11.8 Å². The highest BCUT2D eigenvalue weighted by Crippen LogP contribution is 2.21. The van der Waals surface area contributed by atoms with Gasteiger partial charge in [0.05, 0.1) is 0 Å². The third kappa shape index (κ3) is 9.48. The van der Waals surface area contributed by atoms with Crippen LogP contribution in [-0.4, -0.2) is 24.2 Å². The molecule has 0 spiro atoms. The molecule has 0 saturated heterocycles. The zero-order valence-electron chi connectivity index (χ0n) is 11.6. The van der Waals surface area contributed by atoms with Crippen molar-refractivity contribution in [3.8, 4) is 0 Å². The van der Waals surface area contributed by atoms with Crippen LogP contribution in [0.3, 0.4) is 0 Å². The van der Waals surface area contributed by atoms with E-state index in [1.807, 2.05) is 31.2 Å². The van der Waals surface area contributed by atoms with E-state index in [2.05, 4.69) is 5.32 Å². The second-order valence-electron chi connectivity index (χ2n) is 4.52. The van der Waals surface area contributed by atoms with E-state index in [-0.39, 0.29) is 24.4 Å².